The lowest BCUT2D eigenvalue weighted by atomic mass is 9.81. The van der Waals surface area contributed by atoms with E-state index < -0.39 is 51.1 Å². The first-order chi connectivity index (χ1) is 12.4. The standard InChI is InChI=1S/C18H33N3O5S/c1-8-9-12(16(23)21-25)13(10-11(2)3)15(22)20-14(17(24)19-6)18(4,5)27(7)26/h8,11-14,25H,1,9-10H2,2-7H3,(H,19,24)(H,20,22)(H,21,23). The van der Waals surface area contributed by atoms with Crippen LogP contribution in [0.1, 0.15) is 40.5 Å². The summed E-state index contributed by atoms with van der Waals surface area (Å²) in [5.41, 5.74) is 1.60. The zero-order chi connectivity index (χ0) is 21.4. The van der Waals surface area contributed by atoms with Crippen LogP contribution in [0.2, 0.25) is 0 Å². The van der Waals surface area contributed by atoms with Gasteiger partial charge in [0.15, 0.2) is 0 Å². The van der Waals surface area contributed by atoms with Gasteiger partial charge in [-0.2, -0.15) is 0 Å². The molecule has 0 aromatic heterocycles. The van der Waals surface area contributed by atoms with Crippen LogP contribution in [0.4, 0.5) is 0 Å². The van der Waals surface area contributed by atoms with E-state index >= 15 is 0 Å². The van der Waals surface area contributed by atoms with Gasteiger partial charge < -0.3 is 10.6 Å². The summed E-state index contributed by atoms with van der Waals surface area (Å²) in [5.74, 6) is -3.21. The van der Waals surface area contributed by atoms with Crippen molar-refractivity contribution in [3.8, 4) is 0 Å². The molecule has 0 aliphatic carbocycles. The van der Waals surface area contributed by atoms with E-state index in [1.54, 1.807) is 19.3 Å². The molecular formula is C18H33N3O5S. The van der Waals surface area contributed by atoms with Gasteiger partial charge in [0.2, 0.25) is 17.7 Å². The maximum atomic E-state index is 13.0. The fourth-order valence-electron chi connectivity index (χ4n) is 2.79. The van der Waals surface area contributed by atoms with Crippen LogP contribution in [0.3, 0.4) is 0 Å². The molecule has 0 aliphatic rings. The molecule has 0 spiro atoms. The first kappa shape index (κ1) is 25.3. The number of carbonyl (C=O) groups is 3. The summed E-state index contributed by atoms with van der Waals surface area (Å²) in [6.45, 7) is 10.7. The molecule has 8 nitrogen and oxygen atoms in total. The van der Waals surface area contributed by atoms with Crippen molar-refractivity contribution in [2.75, 3.05) is 13.3 Å². The van der Waals surface area contributed by atoms with E-state index in [1.807, 2.05) is 13.8 Å². The fourth-order valence-corrected chi connectivity index (χ4v) is 3.29. The van der Waals surface area contributed by atoms with Crippen LogP contribution in [0.15, 0.2) is 12.7 Å². The Labute approximate surface area is 164 Å². The van der Waals surface area contributed by atoms with Crippen molar-refractivity contribution in [2.24, 2.45) is 17.8 Å². The molecule has 0 aromatic carbocycles. The van der Waals surface area contributed by atoms with Crippen molar-refractivity contribution in [1.82, 2.24) is 16.1 Å². The van der Waals surface area contributed by atoms with Crippen molar-refractivity contribution in [3.05, 3.63) is 12.7 Å². The van der Waals surface area contributed by atoms with Crippen LogP contribution in [0.25, 0.3) is 0 Å². The van der Waals surface area contributed by atoms with Crippen LogP contribution in [0.5, 0.6) is 0 Å². The highest BCUT2D eigenvalue weighted by Gasteiger charge is 2.42. The van der Waals surface area contributed by atoms with E-state index in [4.69, 9.17) is 5.21 Å². The van der Waals surface area contributed by atoms with E-state index in [0.29, 0.717) is 6.42 Å². The number of likely N-dealkylation sites (N-methyl/N-ethyl adjacent to an activating group) is 1. The van der Waals surface area contributed by atoms with Gasteiger partial charge in [0.05, 0.1) is 16.6 Å². The topological polar surface area (TPSA) is 125 Å². The van der Waals surface area contributed by atoms with Crippen molar-refractivity contribution >= 4 is 28.5 Å². The minimum Gasteiger partial charge on any atom is -0.357 e. The summed E-state index contributed by atoms with van der Waals surface area (Å²) in [7, 11) is 0.0280. The number of hydroxylamine groups is 1. The smallest absolute Gasteiger partial charge is 0.247 e. The third-order valence-corrected chi connectivity index (χ3v) is 6.36. The predicted molar refractivity (Wildman–Crippen MR) is 105 cm³/mol. The number of rotatable bonds is 11. The SMILES string of the molecule is C=CCC(C(=O)NO)C(CC(C)C)C(=O)NC(C(=O)NC)C(C)(C)S(C)=O. The van der Waals surface area contributed by atoms with Crippen LogP contribution < -0.4 is 16.1 Å². The highest BCUT2D eigenvalue weighted by Crippen LogP contribution is 2.26. The van der Waals surface area contributed by atoms with E-state index in [1.165, 1.54) is 19.4 Å². The molecule has 4 atom stereocenters. The molecule has 0 bridgehead atoms. The molecule has 0 fully saturated rings. The first-order valence-corrected chi connectivity index (χ1v) is 10.4. The Morgan fingerprint density at radius 3 is 2.07 bits per heavy atom. The Kier molecular flexibility index (Phi) is 10.5. The summed E-state index contributed by atoms with van der Waals surface area (Å²) >= 11 is 0. The fraction of sp³-hybridized carbons (Fsp3) is 0.722. The van der Waals surface area contributed by atoms with Crippen molar-refractivity contribution in [1.29, 1.82) is 0 Å². The lowest BCUT2D eigenvalue weighted by Crippen LogP contribution is -2.60. The lowest BCUT2D eigenvalue weighted by molar-refractivity contribution is -0.141. The number of amides is 3. The molecule has 4 unspecified atom stereocenters. The van der Waals surface area contributed by atoms with Gasteiger partial charge in [-0.25, -0.2) is 5.48 Å². The second kappa shape index (κ2) is 11.2. The molecule has 9 heteroatoms. The Hall–Kier alpha value is -1.74. The van der Waals surface area contributed by atoms with Gasteiger partial charge in [-0.3, -0.25) is 23.8 Å². The summed E-state index contributed by atoms with van der Waals surface area (Å²) in [6.07, 6.45) is 3.52. The normalized spacial score (nSPS) is 16.0. The Bertz CT molecular complexity index is 577. The molecular weight excluding hydrogens is 370 g/mol. The molecule has 0 saturated carbocycles. The lowest BCUT2D eigenvalue weighted by Gasteiger charge is -2.34. The van der Waals surface area contributed by atoms with E-state index in [-0.39, 0.29) is 12.3 Å². The summed E-state index contributed by atoms with van der Waals surface area (Å²) in [5, 5.41) is 14.2. The van der Waals surface area contributed by atoms with Gasteiger partial charge in [0.25, 0.3) is 0 Å². The summed E-state index contributed by atoms with van der Waals surface area (Å²) in [4.78, 5) is 37.5. The van der Waals surface area contributed by atoms with Gasteiger partial charge in [-0.1, -0.05) is 19.9 Å². The number of carbonyl (C=O) groups excluding carboxylic acids is 3. The maximum Gasteiger partial charge on any atom is 0.247 e. The second-order valence-corrected chi connectivity index (χ2v) is 9.42. The number of hydrogen-bond donors (Lipinski definition) is 4. The molecule has 0 saturated heterocycles. The van der Waals surface area contributed by atoms with Gasteiger partial charge in [0, 0.05) is 24.1 Å². The molecule has 0 aliphatic heterocycles. The van der Waals surface area contributed by atoms with E-state index in [2.05, 4.69) is 17.2 Å². The quantitative estimate of drug-likeness (QED) is 0.230. The average molecular weight is 404 g/mol. The Balaban J connectivity index is 5.87. The molecule has 156 valence electrons. The van der Waals surface area contributed by atoms with Crippen LogP contribution in [0, 0.1) is 17.8 Å². The maximum absolute atomic E-state index is 13.0. The molecule has 0 radical (unpaired) electrons. The largest absolute Gasteiger partial charge is 0.357 e. The molecule has 4 N–H and O–H groups in total. The second-order valence-electron chi connectivity index (χ2n) is 7.46. The highest BCUT2D eigenvalue weighted by atomic mass is 32.2. The number of nitrogens with one attached hydrogen (secondary N) is 3. The predicted octanol–water partition coefficient (Wildman–Crippen LogP) is 0.734. The number of allylic oxidation sites excluding steroid dienone is 1. The molecule has 3 amide bonds. The zero-order valence-corrected chi connectivity index (χ0v) is 17.8. The van der Waals surface area contributed by atoms with Gasteiger partial charge in [0.1, 0.15) is 6.04 Å². The highest BCUT2D eigenvalue weighted by molar-refractivity contribution is 7.85. The van der Waals surface area contributed by atoms with Crippen LogP contribution in [-0.2, 0) is 25.2 Å². The Morgan fingerprint density at radius 2 is 1.70 bits per heavy atom. The van der Waals surface area contributed by atoms with Gasteiger partial charge in [-0.15, -0.1) is 6.58 Å². The average Bonchev–Trinajstić information content (AvgIpc) is 2.60. The molecule has 0 rings (SSSR count). The Morgan fingerprint density at radius 1 is 1.15 bits per heavy atom. The monoisotopic (exact) mass is 403 g/mol. The van der Waals surface area contributed by atoms with E-state index in [9.17, 15) is 18.6 Å². The molecule has 0 heterocycles. The first-order valence-electron chi connectivity index (χ1n) is 8.84. The van der Waals surface area contributed by atoms with Gasteiger partial charge >= 0.3 is 0 Å². The van der Waals surface area contributed by atoms with Crippen LogP contribution >= 0.6 is 0 Å². The summed E-state index contributed by atoms with van der Waals surface area (Å²) in [6, 6.07) is -1.04. The van der Waals surface area contributed by atoms with Crippen molar-refractivity contribution in [3.63, 3.8) is 0 Å². The van der Waals surface area contributed by atoms with Crippen molar-refractivity contribution < 1.29 is 23.8 Å². The molecule has 0 aromatic rings. The third kappa shape index (κ3) is 7.06. The molecule has 27 heavy (non-hydrogen) atoms. The van der Waals surface area contributed by atoms with Crippen LogP contribution in [-0.4, -0.2) is 51.2 Å². The zero-order valence-electron chi connectivity index (χ0n) is 17.0. The van der Waals surface area contributed by atoms with Gasteiger partial charge in [-0.05, 0) is 32.6 Å². The van der Waals surface area contributed by atoms with Crippen molar-refractivity contribution in [2.45, 2.75) is 51.3 Å². The minimum atomic E-state index is -1.40. The number of hydrogen-bond acceptors (Lipinski definition) is 5. The third-order valence-electron chi connectivity index (χ3n) is 4.65. The minimum absolute atomic E-state index is 0.0892. The summed E-state index contributed by atoms with van der Waals surface area (Å²) < 4.78 is 11.1. The van der Waals surface area contributed by atoms with E-state index in [0.717, 1.165) is 0 Å².